The summed E-state index contributed by atoms with van der Waals surface area (Å²) < 4.78 is 82.3. The highest BCUT2D eigenvalue weighted by Gasteiger charge is 2.38. The summed E-state index contributed by atoms with van der Waals surface area (Å²) >= 11 is 0.250. The molecule has 395 valence electrons. The zero-order chi connectivity index (χ0) is 54.8. The van der Waals surface area contributed by atoms with E-state index < -0.39 is 44.2 Å². The molecule has 0 spiro atoms. The molecular formula is C65H55AlF4N5O3S. The van der Waals surface area contributed by atoms with Crippen molar-refractivity contribution in [1.29, 1.82) is 0 Å². The third kappa shape index (κ3) is 12.2. The fourth-order valence-electron chi connectivity index (χ4n) is 9.64. The Morgan fingerprint density at radius 1 is 0.519 bits per heavy atom. The van der Waals surface area contributed by atoms with Crippen molar-refractivity contribution in [2.75, 3.05) is 0 Å². The van der Waals surface area contributed by atoms with E-state index in [1.807, 2.05) is 91.0 Å². The molecule has 8 nitrogen and oxygen atoms in total. The SMILES string of the molecule is Cc1c(F)c(F)c(C)c(F)c1F.O.O=S1(=O)c2ccccc2CC2C=CC=CC21.[CH3][Al][NH2].c1ccc(-n2cnc3ccccc32)cc1.c1ccc2c(c1)c1ccccc1c1ccccc21.c1cnc2c(c1)ccc1cccnc12. The number of aromatic nitrogens is 4. The number of hydrogen-bond donors (Lipinski definition) is 1. The third-order valence-electron chi connectivity index (χ3n) is 13.5. The molecule has 2 unspecified atom stereocenters. The molecule has 0 fully saturated rings. The van der Waals surface area contributed by atoms with Gasteiger partial charge in [0.15, 0.2) is 33.1 Å². The number of halogens is 4. The Morgan fingerprint density at radius 2 is 0.937 bits per heavy atom. The van der Waals surface area contributed by atoms with Gasteiger partial charge in [0.1, 0.15) is 6.33 Å². The number of hydrogen-bond acceptors (Lipinski definition) is 6. The maximum atomic E-state index is 12.7. The van der Waals surface area contributed by atoms with Gasteiger partial charge in [-0.15, -0.1) is 0 Å². The van der Waals surface area contributed by atoms with E-state index in [0.29, 0.717) is 4.90 Å². The first-order valence-corrected chi connectivity index (χ1v) is 28.6. The molecule has 4 heterocycles. The van der Waals surface area contributed by atoms with Gasteiger partial charge in [-0.25, -0.2) is 31.0 Å². The number of rotatable bonds is 1. The van der Waals surface area contributed by atoms with Crippen LogP contribution in [0.5, 0.6) is 0 Å². The molecule has 14 rings (SSSR count). The Morgan fingerprint density at radius 3 is 1.43 bits per heavy atom. The van der Waals surface area contributed by atoms with Crippen LogP contribution in [-0.4, -0.2) is 54.1 Å². The first-order valence-electron chi connectivity index (χ1n) is 25.2. The van der Waals surface area contributed by atoms with Crippen LogP contribution in [0, 0.1) is 43.0 Å². The molecule has 9 aromatic carbocycles. The summed E-state index contributed by atoms with van der Waals surface area (Å²) in [6.45, 7) is 1.96. The summed E-state index contributed by atoms with van der Waals surface area (Å²) in [5, 5.41) is 9.94. The van der Waals surface area contributed by atoms with Gasteiger partial charge in [0.2, 0.25) is 0 Å². The average Bonchev–Trinajstić information content (AvgIpc) is 4.14. The smallest absolute Gasteiger partial charge is 0.313 e. The second kappa shape index (κ2) is 25.9. The Hall–Kier alpha value is -8.35. The van der Waals surface area contributed by atoms with Crippen LogP contribution >= 0.6 is 0 Å². The van der Waals surface area contributed by atoms with Crippen LogP contribution in [0.3, 0.4) is 0 Å². The maximum absolute atomic E-state index is 12.7. The number of sulfone groups is 1. The number of benzene rings is 9. The lowest BCUT2D eigenvalue weighted by Crippen LogP contribution is -2.34. The molecule has 3 aromatic heterocycles. The molecule has 1 aliphatic heterocycles. The summed E-state index contributed by atoms with van der Waals surface area (Å²) in [5.41, 5.74) is 4.96. The highest BCUT2D eigenvalue weighted by molar-refractivity contribution is 7.92. The van der Waals surface area contributed by atoms with Gasteiger partial charge in [-0.2, -0.15) is 0 Å². The van der Waals surface area contributed by atoms with Crippen molar-refractivity contribution in [3.8, 4) is 5.69 Å². The standard InChI is InChI=1S/C18H12.C13H10N2.C13H12O2S.C12H8N2.C8H6F4.CH3.Al.H2N.H2O/c1-2-8-14-13(7-1)15-9-3-4-11-17(15)18-12-6-5-10-16(14)18;1-2-6-11(7-3-1)15-10-14-12-8-4-5-9-13(12)15;14-16(15)12-7-3-1-5-10(12)9-11-6-2-4-8-13(11)16;1-3-9-5-6-10-4-2-8-14-12(10)11(9)13-7-1;1-3-5(9)7(11)4(2)8(12)6(3)10;;;;/h1-12H;1-10H;1-8,10,12H,9H2;1-8H;1-2H3;1H3;;2*1H2/q;;;;;;+1;-1;. The molecule has 14 heteroatoms. The first-order chi connectivity index (χ1) is 37.9. The highest BCUT2D eigenvalue weighted by atomic mass is 32.2. The van der Waals surface area contributed by atoms with Crippen molar-refractivity contribution >= 4 is 90.4 Å². The molecule has 2 aliphatic rings. The maximum Gasteiger partial charge on any atom is 0.313 e. The van der Waals surface area contributed by atoms with E-state index in [1.54, 1.807) is 30.6 Å². The quantitative estimate of drug-likeness (QED) is 0.0753. The second-order valence-electron chi connectivity index (χ2n) is 18.4. The molecule has 0 saturated carbocycles. The van der Waals surface area contributed by atoms with Crippen LogP contribution < -0.4 is 4.72 Å². The largest absolute Gasteiger partial charge is 0.420 e. The van der Waals surface area contributed by atoms with E-state index in [4.69, 9.17) is 4.72 Å². The van der Waals surface area contributed by atoms with Gasteiger partial charge in [-0.1, -0.05) is 176 Å². The van der Waals surface area contributed by atoms with Gasteiger partial charge in [0.25, 0.3) is 0 Å². The van der Waals surface area contributed by atoms with Gasteiger partial charge < -0.3 is 10.2 Å². The molecule has 79 heavy (non-hydrogen) atoms. The third-order valence-corrected chi connectivity index (χ3v) is 15.7. The van der Waals surface area contributed by atoms with E-state index in [-0.39, 0.29) is 32.1 Å². The Balaban J connectivity index is 0.000000129. The number of fused-ring (bicyclic) bond motifs is 12. The first kappa shape index (κ1) is 56.8. The summed E-state index contributed by atoms with van der Waals surface area (Å²) in [6, 6.07) is 63.8. The summed E-state index contributed by atoms with van der Waals surface area (Å²) in [7, 11) is -3.18. The molecule has 0 bridgehead atoms. The van der Waals surface area contributed by atoms with Crippen LogP contribution in [-0.2, 0) is 16.3 Å². The van der Waals surface area contributed by atoms with Gasteiger partial charge in [0, 0.05) is 45.9 Å². The number of imidazole rings is 1. The lowest BCUT2D eigenvalue weighted by atomic mass is 9.92. The zero-order valence-electron chi connectivity index (χ0n) is 43.5. The normalized spacial score (nSPS) is 14.3. The van der Waals surface area contributed by atoms with Crippen LogP contribution in [0.25, 0.3) is 70.8 Å². The van der Waals surface area contributed by atoms with E-state index in [1.165, 1.54) is 32.3 Å². The molecule has 1 radical (unpaired) electrons. The molecule has 12 aromatic rings. The minimum Gasteiger partial charge on any atom is -0.420 e. The molecule has 0 saturated heterocycles. The van der Waals surface area contributed by atoms with Gasteiger partial charge >= 0.3 is 15.4 Å². The van der Waals surface area contributed by atoms with Crippen LogP contribution in [0.2, 0.25) is 5.79 Å². The topological polar surface area (TPSA) is 135 Å². The lowest BCUT2D eigenvalue weighted by molar-refractivity contribution is 0.436. The molecule has 4 N–H and O–H groups in total. The van der Waals surface area contributed by atoms with Crippen molar-refractivity contribution in [3.05, 3.63) is 271 Å². The zero-order valence-corrected chi connectivity index (χ0v) is 45.5. The van der Waals surface area contributed by atoms with E-state index >= 15 is 0 Å². The van der Waals surface area contributed by atoms with Crippen LogP contribution in [0.1, 0.15) is 16.7 Å². The summed E-state index contributed by atoms with van der Waals surface area (Å²) in [5.74, 6) is -3.22. The average molecular weight is 1090 g/mol. The Kier molecular flexibility index (Phi) is 18.6. The van der Waals surface area contributed by atoms with Crippen molar-refractivity contribution in [3.63, 3.8) is 0 Å². The van der Waals surface area contributed by atoms with Gasteiger partial charge in [0.05, 0.1) is 32.2 Å². The van der Waals surface area contributed by atoms with Crippen LogP contribution in [0.4, 0.5) is 17.6 Å². The number of para-hydroxylation sites is 3. The number of allylic oxidation sites excluding steroid dienone is 3. The van der Waals surface area contributed by atoms with Crippen molar-refractivity contribution in [1.82, 2.24) is 19.5 Å². The minimum absolute atomic E-state index is 0. The van der Waals surface area contributed by atoms with E-state index in [9.17, 15) is 26.0 Å². The molecule has 0 amide bonds. The van der Waals surface area contributed by atoms with Gasteiger partial charge in [-0.05, 0) is 101 Å². The van der Waals surface area contributed by atoms with E-state index in [0.717, 1.165) is 64.4 Å². The predicted molar refractivity (Wildman–Crippen MR) is 315 cm³/mol. The van der Waals surface area contributed by atoms with Crippen LogP contribution in [0.15, 0.2) is 236 Å². The number of pyridine rings is 2. The fraction of sp³-hybridized carbons (Fsp3) is 0.0923. The summed E-state index contributed by atoms with van der Waals surface area (Å²) in [6.07, 6.45) is 13.8. The lowest BCUT2D eigenvalue weighted by Gasteiger charge is -2.30. The minimum atomic E-state index is -3.18. The van der Waals surface area contributed by atoms with E-state index in [2.05, 4.69) is 135 Å². The predicted octanol–water partition coefficient (Wildman–Crippen LogP) is 14.7. The van der Waals surface area contributed by atoms with Crippen molar-refractivity contribution in [2.45, 2.75) is 36.2 Å². The fourth-order valence-corrected chi connectivity index (χ4v) is 11.7. The Bertz CT molecular complexity index is 3890. The highest BCUT2D eigenvalue weighted by Crippen LogP contribution is 2.37. The van der Waals surface area contributed by atoms with Crippen molar-refractivity contribution in [2.24, 2.45) is 10.6 Å². The second-order valence-corrected chi connectivity index (χ2v) is 21.1. The molecular weight excluding hydrogens is 1030 g/mol. The molecule has 1 aliphatic carbocycles. The monoisotopic (exact) mass is 1090 g/mol. The van der Waals surface area contributed by atoms with Gasteiger partial charge in [-0.3, -0.25) is 14.5 Å². The Labute approximate surface area is 462 Å². The molecule has 2 atom stereocenters. The number of nitrogens with zero attached hydrogens (tertiary/aromatic N) is 4. The number of nitrogens with two attached hydrogens (primary N) is 1. The summed E-state index contributed by atoms with van der Waals surface area (Å²) in [4.78, 5) is 13.6. The van der Waals surface area contributed by atoms with Crippen molar-refractivity contribution < 1.29 is 31.5 Å².